The Hall–Kier alpha value is -3.46. The minimum atomic E-state index is -1.32. The molecule has 9 heteroatoms. The Bertz CT molecular complexity index is 1210. The van der Waals surface area contributed by atoms with Crippen LogP contribution in [0.4, 0.5) is 0 Å². The van der Waals surface area contributed by atoms with Gasteiger partial charge in [0.1, 0.15) is 5.56 Å². The molecule has 4 rings (SSSR count). The largest absolute Gasteiger partial charge is 0.502 e. The summed E-state index contributed by atoms with van der Waals surface area (Å²) in [6, 6.07) is 5.56. The molecule has 0 aliphatic carbocycles. The highest BCUT2D eigenvalue weighted by atomic mass is 32.1. The topological polar surface area (TPSA) is 121 Å². The zero-order valence-corrected chi connectivity index (χ0v) is 15.4. The van der Waals surface area contributed by atoms with E-state index in [0.717, 1.165) is 23.2 Å². The molecule has 0 bridgehead atoms. The van der Waals surface area contributed by atoms with Crippen LogP contribution in [-0.4, -0.2) is 35.9 Å². The Kier molecular flexibility index (Phi) is 4.66. The average Bonchev–Trinajstić information content (AvgIpc) is 3.33. The molecule has 8 nitrogen and oxygen atoms in total. The monoisotopic (exact) mass is 396 g/mol. The van der Waals surface area contributed by atoms with Gasteiger partial charge in [-0.1, -0.05) is 0 Å². The van der Waals surface area contributed by atoms with Crippen molar-refractivity contribution in [2.24, 2.45) is 0 Å². The Morgan fingerprint density at radius 1 is 1.21 bits per heavy atom. The lowest BCUT2D eigenvalue weighted by molar-refractivity contribution is 0.0695. The lowest BCUT2D eigenvalue weighted by Crippen LogP contribution is -2.23. The zero-order valence-electron chi connectivity index (χ0n) is 14.6. The molecule has 0 atom stereocenters. The van der Waals surface area contributed by atoms with E-state index < -0.39 is 17.3 Å². The summed E-state index contributed by atoms with van der Waals surface area (Å²) >= 11 is 1.17. The Morgan fingerprint density at radius 2 is 2.00 bits per heavy atom. The van der Waals surface area contributed by atoms with Gasteiger partial charge >= 0.3 is 5.97 Å². The highest BCUT2D eigenvalue weighted by molar-refractivity contribution is 7.17. The lowest BCUT2D eigenvalue weighted by atomic mass is 10.1. The number of aromatic nitrogens is 4. The smallest absolute Gasteiger partial charge is 0.341 e. The van der Waals surface area contributed by atoms with Crippen molar-refractivity contribution < 1.29 is 15.0 Å². The number of carbonyl (C=O) groups is 1. The second-order valence-electron chi connectivity index (χ2n) is 6.27. The van der Waals surface area contributed by atoms with Gasteiger partial charge in [-0.05, 0) is 42.0 Å². The molecular weight excluding hydrogens is 380 g/mol. The molecule has 0 radical (unpaired) electrons. The van der Waals surface area contributed by atoms with Gasteiger partial charge in [-0.25, -0.2) is 4.79 Å². The number of hydrogen-bond acceptors (Lipinski definition) is 6. The Labute approximate surface area is 162 Å². The van der Waals surface area contributed by atoms with Crippen molar-refractivity contribution in [1.29, 1.82) is 0 Å². The Morgan fingerprint density at radius 3 is 2.75 bits per heavy atom. The number of aromatic carboxylic acids is 1. The molecule has 4 aromatic heterocycles. The summed E-state index contributed by atoms with van der Waals surface area (Å²) in [5.74, 6) is -2.07. The SMILES string of the molecule is O=C(O)c1c(O)c(=O)n(Cc2c[nH]nc2CCc2ccncc2)c2ccsc12. The van der Waals surface area contributed by atoms with E-state index in [9.17, 15) is 19.8 Å². The fourth-order valence-corrected chi connectivity index (χ4v) is 4.12. The molecule has 0 saturated heterocycles. The minimum Gasteiger partial charge on any atom is -0.502 e. The van der Waals surface area contributed by atoms with E-state index in [1.165, 1.54) is 15.9 Å². The van der Waals surface area contributed by atoms with E-state index >= 15 is 0 Å². The van der Waals surface area contributed by atoms with Crippen LogP contribution in [0.15, 0.2) is 47.0 Å². The number of pyridine rings is 2. The van der Waals surface area contributed by atoms with Crippen molar-refractivity contribution in [1.82, 2.24) is 19.7 Å². The van der Waals surface area contributed by atoms with E-state index in [4.69, 9.17) is 0 Å². The maximum atomic E-state index is 12.6. The van der Waals surface area contributed by atoms with Crippen molar-refractivity contribution >= 4 is 27.5 Å². The first-order chi connectivity index (χ1) is 13.6. The number of thiophene rings is 1. The van der Waals surface area contributed by atoms with Gasteiger partial charge in [-0.2, -0.15) is 5.10 Å². The van der Waals surface area contributed by atoms with Crippen LogP contribution in [0.3, 0.4) is 0 Å². The van der Waals surface area contributed by atoms with Gasteiger partial charge < -0.3 is 10.2 Å². The van der Waals surface area contributed by atoms with Gasteiger partial charge in [0, 0.05) is 24.2 Å². The first-order valence-corrected chi connectivity index (χ1v) is 9.41. The summed E-state index contributed by atoms with van der Waals surface area (Å²) in [6.07, 6.45) is 6.63. The fourth-order valence-electron chi connectivity index (χ4n) is 3.19. The summed E-state index contributed by atoms with van der Waals surface area (Å²) in [7, 11) is 0. The average molecular weight is 396 g/mol. The van der Waals surface area contributed by atoms with Crippen LogP contribution in [0.25, 0.3) is 10.2 Å². The maximum Gasteiger partial charge on any atom is 0.341 e. The molecule has 0 aromatic carbocycles. The zero-order chi connectivity index (χ0) is 19.7. The highest BCUT2D eigenvalue weighted by Crippen LogP contribution is 2.29. The molecule has 0 aliphatic heterocycles. The molecule has 0 aliphatic rings. The fraction of sp³-hybridized carbons (Fsp3) is 0.158. The van der Waals surface area contributed by atoms with E-state index in [0.29, 0.717) is 16.6 Å². The van der Waals surface area contributed by atoms with Crippen LogP contribution in [-0.2, 0) is 19.4 Å². The Balaban J connectivity index is 1.69. The number of fused-ring (bicyclic) bond motifs is 1. The third-order valence-corrected chi connectivity index (χ3v) is 5.52. The van der Waals surface area contributed by atoms with Crippen LogP contribution < -0.4 is 5.56 Å². The predicted octanol–water partition coefficient (Wildman–Crippen LogP) is 2.42. The van der Waals surface area contributed by atoms with Gasteiger partial charge in [0.25, 0.3) is 5.56 Å². The summed E-state index contributed by atoms with van der Waals surface area (Å²) in [4.78, 5) is 28.1. The standard InChI is InChI=1S/C19H16N4O4S/c24-16-15(19(26)27)17-14(5-8-28-17)23(18(16)25)10-12-9-21-22-13(12)2-1-11-3-6-20-7-4-11/h3-9,24H,1-2,10H2,(H,21,22)(H,26,27). The molecule has 4 heterocycles. The summed E-state index contributed by atoms with van der Waals surface area (Å²) in [5, 5.41) is 28.3. The van der Waals surface area contributed by atoms with Crippen LogP contribution in [0.1, 0.15) is 27.2 Å². The van der Waals surface area contributed by atoms with Crippen molar-refractivity contribution in [3.63, 3.8) is 0 Å². The second-order valence-corrected chi connectivity index (χ2v) is 7.18. The third kappa shape index (κ3) is 3.16. The molecule has 0 fully saturated rings. The van der Waals surface area contributed by atoms with Gasteiger partial charge in [-0.3, -0.25) is 19.4 Å². The number of aromatic amines is 1. The van der Waals surface area contributed by atoms with E-state index in [-0.39, 0.29) is 12.1 Å². The molecule has 0 unspecified atom stereocenters. The van der Waals surface area contributed by atoms with Crippen LogP contribution >= 0.6 is 11.3 Å². The van der Waals surface area contributed by atoms with E-state index in [1.54, 1.807) is 30.0 Å². The van der Waals surface area contributed by atoms with Crippen LogP contribution in [0.5, 0.6) is 5.75 Å². The van der Waals surface area contributed by atoms with Crippen LogP contribution in [0, 0.1) is 0 Å². The molecule has 142 valence electrons. The highest BCUT2D eigenvalue weighted by Gasteiger charge is 2.22. The molecule has 0 spiro atoms. The summed E-state index contributed by atoms with van der Waals surface area (Å²) in [5.41, 5.74) is 2.15. The number of rotatable bonds is 6. The molecule has 4 aromatic rings. The lowest BCUT2D eigenvalue weighted by Gasteiger charge is -2.11. The number of nitrogens with one attached hydrogen (secondary N) is 1. The summed E-state index contributed by atoms with van der Waals surface area (Å²) < 4.78 is 1.75. The van der Waals surface area contributed by atoms with E-state index in [1.807, 2.05) is 12.1 Å². The van der Waals surface area contributed by atoms with Crippen LogP contribution in [0.2, 0.25) is 0 Å². The van der Waals surface area contributed by atoms with Crippen molar-refractivity contribution in [2.75, 3.05) is 0 Å². The van der Waals surface area contributed by atoms with Gasteiger partial charge in [0.15, 0.2) is 5.75 Å². The molecule has 28 heavy (non-hydrogen) atoms. The molecule has 0 saturated carbocycles. The van der Waals surface area contributed by atoms with Crippen molar-refractivity contribution in [2.45, 2.75) is 19.4 Å². The van der Waals surface area contributed by atoms with Crippen molar-refractivity contribution in [3.05, 3.63) is 74.9 Å². The van der Waals surface area contributed by atoms with Gasteiger partial charge in [0.05, 0.1) is 22.5 Å². The number of nitrogens with zero attached hydrogens (tertiary/aromatic N) is 3. The second kappa shape index (κ2) is 7.28. The first kappa shape index (κ1) is 17.9. The number of aryl methyl sites for hydroxylation is 2. The normalized spacial score (nSPS) is 11.1. The predicted molar refractivity (Wildman–Crippen MR) is 104 cm³/mol. The van der Waals surface area contributed by atoms with Gasteiger partial charge in [0.2, 0.25) is 0 Å². The summed E-state index contributed by atoms with van der Waals surface area (Å²) in [6.45, 7) is 0.182. The number of H-pyrrole nitrogens is 1. The quantitative estimate of drug-likeness (QED) is 0.460. The maximum absolute atomic E-state index is 12.6. The minimum absolute atomic E-state index is 0.182. The number of carboxylic acid groups (broad SMARTS) is 1. The molecule has 3 N–H and O–H groups in total. The molecular formula is C19H16N4O4S. The molecule has 0 amide bonds. The number of carboxylic acids is 1. The number of hydrogen-bond donors (Lipinski definition) is 3. The van der Waals surface area contributed by atoms with Crippen molar-refractivity contribution in [3.8, 4) is 5.75 Å². The first-order valence-electron chi connectivity index (χ1n) is 8.53. The number of aromatic hydroxyl groups is 1. The van der Waals surface area contributed by atoms with Gasteiger partial charge in [-0.15, -0.1) is 11.3 Å². The van der Waals surface area contributed by atoms with E-state index in [2.05, 4.69) is 15.2 Å². The third-order valence-electron chi connectivity index (χ3n) is 4.60.